The number of hydrogen-bond donors (Lipinski definition) is 1. The first kappa shape index (κ1) is 12.6. The maximum absolute atomic E-state index is 10.9. The monoisotopic (exact) mass is 274 g/mol. The summed E-state index contributed by atoms with van der Waals surface area (Å²) < 4.78 is 5.19. The Labute approximate surface area is 115 Å². The van der Waals surface area contributed by atoms with Crippen LogP contribution in [0.1, 0.15) is 34.5 Å². The number of hydrogen-bond acceptors (Lipinski definition) is 6. The van der Waals surface area contributed by atoms with E-state index < -0.39 is 5.97 Å². The summed E-state index contributed by atoms with van der Waals surface area (Å²) in [6.45, 7) is 3.29. The summed E-state index contributed by atoms with van der Waals surface area (Å²) in [5.41, 5.74) is 0.0552. The van der Waals surface area contributed by atoms with Gasteiger partial charge in [-0.15, -0.1) is 0 Å². The Balaban J connectivity index is 1.77. The first-order valence-electron chi connectivity index (χ1n) is 6.39. The van der Waals surface area contributed by atoms with Crippen LogP contribution < -0.4 is 4.90 Å². The van der Waals surface area contributed by atoms with Crippen molar-refractivity contribution in [3.8, 4) is 0 Å². The molecule has 104 valence electrons. The first-order valence-corrected chi connectivity index (χ1v) is 6.39. The number of aryl methyl sites for hydroxylation is 1. The van der Waals surface area contributed by atoms with Crippen molar-refractivity contribution in [2.24, 2.45) is 0 Å². The van der Waals surface area contributed by atoms with Gasteiger partial charge >= 0.3 is 5.97 Å². The molecule has 1 fully saturated rings. The van der Waals surface area contributed by atoms with Crippen molar-refractivity contribution in [3.05, 3.63) is 35.6 Å². The van der Waals surface area contributed by atoms with Gasteiger partial charge in [0.25, 0.3) is 0 Å². The molecule has 3 heterocycles. The molecule has 0 aliphatic carbocycles. The largest absolute Gasteiger partial charge is 0.477 e. The number of aromatic nitrogens is 3. The van der Waals surface area contributed by atoms with Gasteiger partial charge in [0.2, 0.25) is 5.89 Å². The van der Waals surface area contributed by atoms with Gasteiger partial charge < -0.3 is 14.5 Å². The van der Waals surface area contributed by atoms with E-state index in [0.717, 1.165) is 13.0 Å². The number of aromatic carboxylic acids is 1. The highest BCUT2D eigenvalue weighted by atomic mass is 16.5. The molecule has 1 saturated heterocycles. The molecular formula is C13H14N4O3. The number of anilines is 1. The van der Waals surface area contributed by atoms with E-state index >= 15 is 0 Å². The quantitative estimate of drug-likeness (QED) is 0.905. The maximum Gasteiger partial charge on any atom is 0.354 e. The maximum atomic E-state index is 10.9. The lowest BCUT2D eigenvalue weighted by atomic mass is 10.1. The zero-order valence-electron chi connectivity index (χ0n) is 11.0. The second kappa shape index (κ2) is 4.92. The minimum Gasteiger partial charge on any atom is -0.477 e. The van der Waals surface area contributed by atoms with Crippen molar-refractivity contribution in [2.45, 2.75) is 19.3 Å². The van der Waals surface area contributed by atoms with E-state index in [1.165, 1.54) is 6.07 Å². The number of nitrogens with zero attached hydrogens (tertiary/aromatic N) is 4. The molecule has 20 heavy (non-hydrogen) atoms. The topological polar surface area (TPSA) is 92.4 Å². The van der Waals surface area contributed by atoms with Crippen LogP contribution in [0.5, 0.6) is 0 Å². The van der Waals surface area contributed by atoms with Crippen LogP contribution >= 0.6 is 0 Å². The highest BCUT2D eigenvalue weighted by molar-refractivity contribution is 5.85. The predicted octanol–water partition coefficient (Wildman–Crippen LogP) is 1.47. The summed E-state index contributed by atoms with van der Waals surface area (Å²) in [5, 5.41) is 12.8. The molecule has 0 spiro atoms. The lowest BCUT2D eigenvalue weighted by Gasteiger charge is -2.16. The number of carbonyl (C=O) groups is 1. The molecule has 7 nitrogen and oxygen atoms in total. The zero-order valence-corrected chi connectivity index (χ0v) is 11.0. The van der Waals surface area contributed by atoms with Gasteiger partial charge in [-0.3, -0.25) is 0 Å². The van der Waals surface area contributed by atoms with Crippen LogP contribution in [0.15, 0.2) is 22.7 Å². The molecule has 7 heteroatoms. The second-order valence-corrected chi connectivity index (χ2v) is 4.80. The van der Waals surface area contributed by atoms with Gasteiger partial charge in [0.05, 0.1) is 5.92 Å². The number of rotatable bonds is 3. The molecule has 1 aliphatic rings. The number of pyridine rings is 1. The average Bonchev–Trinajstić information content (AvgIpc) is 3.07. The van der Waals surface area contributed by atoms with Crippen molar-refractivity contribution in [1.29, 1.82) is 0 Å². The molecule has 0 amide bonds. The van der Waals surface area contributed by atoms with Crippen LogP contribution in [0.3, 0.4) is 0 Å². The first-order chi connectivity index (χ1) is 9.63. The fraction of sp³-hybridized carbons (Fsp3) is 0.385. The van der Waals surface area contributed by atoms with E-state index in [1.807, 2.05) is 11.0 Å². The van der Waals surface area contributed by atoms with Crippen LogP contribution in [-0.4, -0.2) is 39.3 Å². The van der Waals surface area contributed by atoms with Crippen LogP contribution in [0.4, 0.5) is 5.82 Å². The minimum atomic E-state index is -1.02. The Morgan fingerprint density at radius 2 is 2.30 bits per heavy atom. The van der Waals surface area contributed by atoms with Gasteiger partial charge in [0.1, 0.15) is 5.82 Å². The SMILES string of the molecule is Cc1noc(C2CCN(c3cccc(C(=O)O)n3)C2)n1. The van der Waals surface area contributed by atoms with Crippen LogP contribution in [0.2, 0.25) is 0 Å². The Bertz CT molecular complexity index is 640. The van der Waals surface area contributed by atoms with Crippen LogP contribution in [0.25, 0.3) is 0 Å². The molecule has 2 aromatic heterocycles. The van der Waals surface area contributed by atoms with Gasteiger partial charge in [-0.05, 0) is 25.5 Å². The smallest absolute Gasteiger partial charge is 0.354 e. The summed E-state index contributed by atoms with van der Waals surface area (Å²) in [5.74, 6) is 1.09. The third-order valence-corrected chi connectivity index (χ3v) is 3.36. The average molecular weight is 274 g/mol. The Morgan fingerprint density at radius 1 is 1.45 bits per heavy atom. The molecule has 1 unspecified atom stereocenters. The predicted molar refractivity (Wildman–Crippen MR) is 69.8 cm³/mol. The molecule has 3 rings (SSSR count). The molecule has 1 atom stereocenters. The van der Waals surface area contributed by atoms with Gasteiger partial charge in [0.15, 0.2) is 11.5 Å². The van der Waals surface area contributed by atoms with Crippen molar-refractivity contribution < 1.29 is 14.4 Å². The third kappa shape index (κ3) is 2.34. The highest BCUT2D eigenvalue weighted by Gasteiger charge is 2.29. The summed E-state index contributed by atoms with van der Waals surface area (Å²) in [6.07, 6.45) is 0.889. The molecule has 0 aromatic carbocycles. The molecule has 1 aliphatic heterocycles. The van der Waals surface area contributed by atoms with E-state index in [2.05, 4.69) is 15.1 Å². The lowest BCUT2D eigenvalue weighted by molar-refractivity contribution is 0.0690. The molecule has 0 saturated carbocycles. The summed E-state index contributed by atoms with van der Waals surface area (Å²) >= 11 is 0. The standard InChI is InChI=1S/C13H14N4O3/c1-8-14-12(20-16-8)9-5-6-17(7-9)11-4-2-3-10(15-11)13(18)19/h2-4,9H,5-7H2,1H3,(H,18,19). The lowest BCUT2D eigenvalue weighted by Crippen LogP contribution is -2.21. The number of carboxylic acid groups (broad SMARTS) is 1. The molecule has 1 N–H and O–H groups in total. The highest BCUT2D eigenvalue weighted by Crippen LogP contribution is 2.28. The van der Waals surface area contributed by atoms with E-state index in [0.29, 0.717) is 24.1 Å². The van der Waals surface area contributed by atoms with Gasteiger partial charge in [-0.1, -0.05) is 11.2 Å². The van der Waals surface area contributed by atoms with Crippen molar-refractivity contribution >= 4 is 11.8 Å². The molecule has 0 radical (unpaired) electrons. The van der Waals surface area contributed by atoms with Crippen molar-refractivity contribution in [3.63, 3.8) is 0 Å². The molecular weight excluding hydrogens is 260 g/mol. The molecule has 0 bridgehead atoms. The summed E-state index contributed by atoms with van der Waals surface area (Å²) in [6, 6.07) is 5.00. The normalized spacial score (nSPS) is 18.4. The van der Waals surface area contributed by atoms with Crippen molar-refractivity contribution in [2.75, 3.05) is 18.0 Å². The van der Waals surface area contributed by atoms with Crippen LogP contribution in [-0.2, 0) is 0 Å². The molecule has 2 aromatic rings. The Morgan fingerprint density at radius 3 is 3.00 bits per heavy atom. The fourth-order valence-electron chi connectivity index (χ4n) is 2.37. The third-order valence-electron chi connectivity index (χ3n) is 3.36. The van der Waals surface area contributed by atoms with E-state index in [-0.39, 0.29) is 11.6 Å². The van der Waals surface area contributed by atoms with Gasteiger partial charge in [-0.25, -0.2) is 9.78 Å². The van der Waals surface area contributed by atoms with Crippen LogP contribution in [0, 0.1) is 6.92 Å². The van der Waals surface area contributed by atoms with Crippen molar-refractivity contribution in [1.82, 2.24) is 15.1 Å². The Kier molecular flexibility index (Phi) is 3.09. The minimum absolute atomic E-state index is 0.0552. The fourth-order valence-corrected chi connectivity index (χ4v) is 2.37. The van der Waals surface area contributed by atoms with E-state index in [9.17, 15) is 4.79 Å². The summed E-state index contributed by atoms with van der Waals surface area (Å²) in [4.78, 5) is 21.4. The van der Waals surface area contributed by atoms with E-state index in [1.54, 1.807) is 13.0 Å². The Hall–Kier alpha value is -2.44. The van der Waals surface area contributed by atoms with Gasteiger partial charge in [0, 0.05) is 13.1 Å². The zero-order chi connectivity index (χ0) is 14.1. The second-order valence-electron chi connectivity index (χ2n) is 4.80. The van der Waals surface area contributed by atoms with E-state index in [4.69, 9.17) is 9.63 Å². The number of carboxylic acids is 1. The summed E-state index contributed by atoms with van der Waals surface area (Å²) in [7, 11) is 0. The van der Waals surface area contributed by atoms with Gasteiger partial charge in [-0.2, -0.15) is 4.98 Å².